The van der Waals surface area contributed by atoms with E-state index in [4.69, 9.17) is 0 Å². The molecule has 0 fully saturated rings. The second-order valence-electron chi connectivity index (χ2n) is 3.28. The van der Waals surface area contributed by atoms with E-state index >= 15 is 0 Å². The van der Waals surface area contributed by atoms with Crippen LogP contribution in [-0.2, 0) is 0 Å². The average molecular weight is 176 g/mol. The number of hydrogen-bond acceptors (Lipinski definition) is 3. The van der Waals surface area contributed by atoms with Crippen LogP contribution in [-0.4, -0.2) is 20.6 Å². The Kier molecular flexibility index (Phi) is 1.88. The van der Waals surface area contributed by atoms with Gasteiger partial charge in [-0.2, -0.15) is 5.10 Å². The Morgan fingerprint density at radius 2 is 2.23 bits per heavy atom. The van der Waals surface area contributed by atoms with Gasteiger partial charge in [0.25, 0.3) is 0 Å². The first-order valence-corrected chi connectivity index (χ1v) is 4.31. The summed E-state index contributed by atoms with van der Waals surface area (Å²) in [6, 6.07) is 4.38. The molecule has 13 heavy (non-hydrogen) atoms. The lowest BCUT2D eigenvalue weighted by Crippen LogP contribution is -2.10. The molecule has 0 aromatic carbocycles. The molecule has 2 heterocycles. The van der Waals surface area contributed by atoms with Crippen molar-refractivity contribution in [3.05, 3.63) is 24.7 Å². The molecule has 0 saturated heterocycles. The monoisotopic (exact) mass is 176 g/mol. The van der Waals surface area contributed by atoms with Crippen molar-refractivity contribution in [2.75, 3.05) is 5.32 Å². The highest BCUT2D eigenvalue weighted by atomic mass is 15.3. The Balaban J connectivity index is 2.37. The Hall–Kier alpha value is -1.58. The molecule has 1 N–H and O–H groups in total. The number of rotatable bonds is 2. The van der Waals surface area contributed by atoms with Crippen LogP contribution in [0.5, 0.6) is 0 Å². The summed E-state index contributed by atoms with van der Waals surface area (Å²) >= 11 is 0. The van der Waals surface area contributed by atoms with Crippen LogP contribution in [0.25, 0.3) is 5.65 Å². The third kappa shape index (κ3) is 1.61. The van der Waals surface area contributed by atoms with Crippen molar-refractivity contribution >= 4 is 11.3 Å². The molecule has 0 aliphatic rings. The molecule has 2 aromatic heterocycles. The zero-order valence-electron chi connectivity index (χ0n) is 7.73. The number of anilines is 1. The highest BCUT2D eigenvalue weighted by molar-refractivity contribution is 5.49. The fourth-order valence-corrected chi connectivity index (χ4v) is 1.24. The number of nitrogens with zero attached hydrogens (tertiary/aromatic N) is 3. The molecular weight excluding hydrogens is 164 g/mol. The molecule has 0 saturated carbocycles. The maximum absolute atomic E-state index is 4.06. The summed E-state index contributed by atoms with van der Waals surface area (Å²) in [6.45, 7) is 4.21. The molecule has 0 radical (unpaired) electrons. The van der Waals surface area contributed by atoms with Gasteiger partial charge in [0.1, 0.15) is 6.33 Å². The SMILES string of the molecule is CC(C)Nc1ccc2ncnn2c1. The largest absolute Gasteiger partial charge is 0.382 e. The van der Waals surface area contributed by atoms with E-state index in [2.05, 4.69) is 29.2 Å². The van der Waals surface area contributed by atoms with E-state index < -0.39 is 0 Å². The number of fused-ring (bicyclic) bond motifs is 1. The van der Waals surface area contributed by atoms with Crippen molar-refractivity contribution in [2.24, 2.45) is 0 Å². The second kappa shape index (κ2) is 3.05. The van der Waals surface area contributed by atoms with Crippen LogP contribution in [0.15, 0.2) is 24.7 Å². The number of pyridine rings is 1. The van der Waals surface area contributed by atoms with Gasteiger partial charge in [0.05, 0.1) is 11.9 Å². The summed E-state index contributed by atoms with van der Waals surface area (Å²) in [7, 11) is 0. The highest BCUT2D eigenvalue weighted by Gasteiger charge is 1.98. The Morgan fingerprint density at radius 1 is 1.38 bits per heavy atom. The van der Waals surface area contributed by atoms with E-state index in [1.807, 2.05) is 18.3 Å². The van der Waals surface area contributed by atoms with E-state index in [-0.39, 0.29) is 0 Å². The minimum Gasteiger partial charge on any atom is -0.382 e. The van der Waals surface area contributed by atoms with E-state index in [1.165, 1.54) is 0 Å². The first-order chi connectivity index (χ1) is 6.25. The molecule has 0 spiro atoms. The molecule has 0 atom stereocenters. The van der Waals surface area contributed by atoms with Crippen molar-refractivity contribution in [2.45, 2.75) is 19.9 Å². The topological polar surface area (TPSA) is 42.2 Å². The summed E-state index contributed by atoms with van der Waals surface area (Å²) in [5.74, 6) is 0. The quantitative estimate of drug-likeness (QED) is 0.754. The standard InChI is InChI=1S/C9H12N4/c1-7(2)12-8-3-4-9-10-6-11-13(9)5-8/h3-7,12H,1-2H3. The third-order valence-electron chi connectivity index (χ3n) is 1.73. The number of nitrogens with one attached hydrogen (secondary N) is 1. The van der Waals surface area contributed by atoms with E-state index in [1.54, 1.807) is 10.8 Å². The Morgan fingerprint density at radius 3 is 3.00 bits per heavy atom. The van der Waals surface area contributed by atoms with Gasteiger partial charge in [-0.3, -0.25) is 0 Å². The van der Waals surface area contributed by atoms with Crippen LogP contribution in [0.3, 0.4) is 0 Å². The van der Waals surface area contributed by atoms with Gasteiger partial charge in [-0.1, -0.05) is 0 Å². The van der Waals surface area contributed by atoms with Gasteiger partial charge >= 0.3 is 0 Å². The summed E-state index contributed by atoms with van der Waals surface area (Å²) < 4.78 is 1.75. The summed E-state index contributed by atoms with van der Waals surface area (Å²) in [5, 5.41) is 7.35. The molecule has 2 aromatic rings. The molecule has 0 aliphatic heterocycles. The molecule has 0 aliphatic carbocycles. The van der Waals surface area contributed by atoms with Gasteiger partial charge in [-0.15, -0.1) is 0 Å². The molecule has 2 rings (SSSR count). The van der Waals surface area contributed by atoms with Crippen LogP contribution in [0, 0.1) is 0 Å². The van der Waals surface area contributed by atoms with Crippen molar-refractivity contribution in [1.29, 1.82) is 0 Å². The zero-order chi connectivity index (χ0) is 9.26. The van der Waals surface area contributed by atoms with Gasteiger partial charge in [-0.05, 0) is 26.0 Å². The minimum atomic E-state index is 0.431. The van der Waals surface area contributed by atoms with Gasteiger partial charge in [0, 0.05) is 6.04 Å². The molecule has 0 amide bonds. The minimum absolute atomic E-state index is 0.431. The van der Waals surface area contributed by atoms with Crippen molar-refractivity contribution in [3.8, 4) is 0 Å². The lowest BCUT2D eigenvalue weighted by Gasteiger charge is -2.08. The Bertz CT molecular complexity index is 405. The van der Waals surface area contributed by atoms with Gasteiger partial charge in [0.15, 0.2) is 5.65 Å². The summed E-state index contributed by atoms with van der Waals surface area (Å²) in [4.78, 5) is 4.06. The van der Waals surface area contributed by atoms with Gasteiger partial charge < -0.3 is 5.32 Å². The lowest BCUT2D eigenvalue weighted by molar-refractivity contribution is 0.888. The number of aromatic nitrogens is 3. The maximum atomic E-state index is 4.06. The third-order valence-corrected chi connectivity index (χ3v) is 1.73. The van der Waals surface area contributed by atoms with Crippen LogP contribution < -0.4 is 5.32 Å². The molecule has 4 heteroatoms. The maximum Gasteiger partial charge on any atom is 0.155 e. The Labute approximate surface area is 76.6 Å². The van der Waals surface area contributed by atoms with Crippen LogP contribution in [0.4, 0.5) is 5.69 Å². The van der Waals surface area contributed by atoms with Crippen molar-refractivity contribution < 1.29 is 0 Å². The van der Waals surface area contributed by atoms with E-state index in [0.717, 1.165) is 11.3 Å². The predicted octanol–water partition coefficient (Wildman–Crippen LogP) is 1.55. The lowest BCUT2D eigenvalue weighted by atomic mass is 10.3. The summed E-state index contributed by atoms with van der Waals surface area (Å²) in [6.07, 6.45) is 3.48. The van der Waals surface area contributed by atoms with Crippen LogP contribution >= 0.6 is 0 Å². The average Bonchev–Trinajstić information content (AvgIpc) is 2.49. The van der Waals surface area contributed by atoms with Crippen molar-refractivity contribution in [3.63, 3.8) is 0 Å². The zero-order valence-corrected chi connectivity index (χ0v) is 7.73. The van der Waals surface area contributed by atoms with Gasteiger partial charge in [-0.25, -0.2) is 9.50 Å². The normalized spacial score (nSPS) is 11.0. The van der Waals surface area contributed by atoms with E-state index in [9.17, 15) is 0 Å². The van der Waals surface area contributed by atoms with Crippen LogP contribution in [0.1, 0.15) is 13.8 Å². The van der Waals surface area contributed by atoms with Crippen LogP contribution in [0.2, 0.25) is 0 Å². The second-order valence-corrected chi connectivity index (χ2v) is 3.28. The fraction of sp³-hybridized carbons (Fsp3) is 0.333. The van der Waals surface area contributed by atoms with Crippen molar-refractivity contribution in [1.82, 2.24) is 14.6 Å². The molecule has 68 valence electrons. The molecule has 0 unspecified atom stereocenters. The summed E-state index contributed by atoms with van der Waals surface area (Å²) in [5.41, 5.74) is 1.93. The molecular formula is C9H12N4. The predicted molar refractivity (Wildman–Crippen MR) is 51.7 cm³/mol. The smallest absolute Gasteiger partial charge is 0.155 e. The molecule has 4 nitrogen and oxygen atoms in total. The highest BCUT2D eigenvalue weighted by Crippen LogP contribution is 2.09. The first kappa shape index (κ1) is 8.04. The van der Waals surface area contributed by atoms with Gasteiger partial charge in [0.2, 0.25) is 0 Å². The fourth-order valence-electron chi connectivity index (χ4n) is 1.24. The molecule has 0 bridgehead atoms. The number of hydrogen-bond donors (Lipinski definition) is 1. The first-order valence-electron chi connectivity index (χ1n) is 4.31. The van der Waals surface area contributed by atoms with E-state index in [0.29, 0.717) is 6.04 Å².